The summed E-state index contributed by atoms with van der Waals surface area (Å²) in [5.41, 5.74) is 2.42. The lowest BCUT2D eigenvalue weighted by molar-refractivity contribution is 0.0986. The van der Waals surface area contributed by atoms with Crippen molar-refractivity contribution in [3.05, 3.63) is 72.3 Å². The second kappa shape index (κ2) is 9.44. The number of imidazole rings is 1. The Kier molecular flexibility index (Phi) is 6.62. The van der Waals surface area contributed by atoms with E-state index in [0.717, 1.165) is 28.7 Å². The Hall–Kier alpha value is -3.04. The molecule has 0 fully saturated rings. The van der Waals surface area contributed by atoms with Crippen LogP contribution in [0.15, 0.2) is 66.1 Å². The number of carbonyl (C=O) groups is 1. The molecule has 4 aromatic rings. The van der Waals surface area contributed by atoms with E-state index in [4.69, 9.17) is 4.98 Å². The molecule has 33 heavy (non-hydrogen) atoms. The topological polar surface area (TPSA) is 85.2 Å². The van der Waals surface area contributed by atoms with Crippen molar-refractivity contribution in [1.29, 1.82) is 0 Å². The van der Waals surface area contributed by atoms with Crippen molar-refractivity contribution in [2.45, 2.75) is 43.9 Å². The molecule has 0 aliphatic carbocycles. The van der Waals surface area contributed by atoms with Crippen LogP contribution in [0, 0.1) is 6.92 Å². The molecule has 0 N–H and O–H groups in total. The summed E-state index contributed by atoms with van der Waals surface area (Å²) in [5, 5.41) is 0.107. The molecule has 0 aliphatic heterocycles. The Bertz CT molecular complexity index is 1360. The number of fused-ring (bicyclic) bond motifs is 1. The van der Waals surface area contributed by atoms with Gasteiger partial charge in [-0.15, -0.1) is 0 Å². The Morgan fingerprint density at radius 3 is 2.58 bits per heavy atom. The fourth-order valence-electron chi connectivity index (χ4n) is 3.46. The number of rotatable bonds is 8. The van der Waals surface area contributed by atoms with E-state index in [9.17, 15) is 13.2 Å². The first kappa shape index (κ1) is 23.1. The number of aromatic nitrogens is 3. The molecule has 9 heteroatoms. The van der Waals surface area contributed by atoms with Gasteiger partial charge in [0.15, 0.2) is 15.0 Å². The first-order valence-electron chi connectivity index (χ1n) is 10.7. The van der Waals surface area contributed by atoms with Gasteiger partial charge in [-0.3, -0.25) is 9.69 Å². The highest BCUT2D eigenvalue weighted by Crippen LogP contribution is 2.31. The van der Waals surface area contributed by atoms with Gasteiger partial charge < -0.3 is 4.57 Å². The molecule has 0 saturated carbocycles. The summed E-state index contributed by atoms with van der Waals surface area (Å²) in [4.78, 5) is 24.2. The van der Waals surface area contributed by atoms with Crippen LogP contribution in [0.3, 0.4) is 0 Å². The predicted molar refractivity (Wildman–Crippen MR) is 132 cm³/mol. The zero-order chi connectivity index (χ0) is 23.6. The zero-order valence-corrected chi connectivity index (χ0v) is 20.4. The van der Waals surface area contributed by atoms with E-state index in [1.165, 1.54) is 23.5 Å². The summed E-state index contributed by atoms with van der Waals surface area (Å²) in [5.74, 6) is -0.204. The number of hydrogen-bond acceptors (Lipinski definition) is 6. The summed E-state index contributed by atoms with van der Waals surface area (Å²) < 4.78 is 27.9. The zero-order valence-electron chi connectivity index (χ0n) is 18.8. The predicted octanol–water partition coefficient (Wildman–Crippen LogP) is 4.72. The highest BCUT2D eigenvalue weighted by atomic mass is 32.2. The molecule has 0 bridgehead atoms. The molecule has 2 aromatic carbocycles. The third kappa shape index (κ3) is 4.99. The van der Waals surface area contributed by atoms with E-state index < -0.39 is 15.1 Å². The van der Waals surface area contributed by atoms with Crippen LogP contribution >= 0.6 is 11.3 Å². The lowest BCUT2D eigenvalue weighted by atomic mass is 10.2. The number of hydrogen-bond donors (Lipinski definition) is 0. The molecular formula is C24H26N4O3S2. The minimum absolute atomic E-state index is 0.204. The third-order valence-electron chi connectivity index (χ3n) is 5.42. The summed E-state index contributed by atoms with van der Waals surface area (Å²) in [6, 6.07) is 12.2. The summed E-state index contributed by atoms with van der Waals surface area (Å²) >= 11 is 1.48. The molecule has 1 amide bonds. The fourth-order valence-corrected chi connectivity index (χ4v) is 5.61. The van der Waals surface area contributed by atoms with E-state index in [1.807, 2.05) is 29.8 Å². The monoisotopic (exact) mass is 482 g/mol. The van der Waals surface area contributed by atoms with Crippen molar-refractivity contribution in [1.82, 2.24) is 14.5 Å². The fraction of sp³-hybridized carbons (Fsp3) is 0.292. The van der Waals surface area contributed by atoms with Crippen LogP contribution in [0.2, 0.25) is 0 Å². The molecular weight excluding hydrogens is 456 g/mol. The molecule has 2 aromatic heterocycles. The Morgan fingerprint density at radius 1 is 1.15 bits per heavy atom. The molecule has 0 spiro atoms. The number of sulfone groups is 1. The van der Waals surface area contributed by atoms with Gasteiger partial charge in [0.25, 0.3) is 5.91 Å². The number of thiazole rings is 1. The molecule has 0 atom stereocenters. The Morgan fingerprint density at radius 2 is 1.91 bits per heavy atom. The van der Waals surface area contributed by atoms with Crippen molar-refractivity contribution < 1.29 is 13.2 Å². The second-order valence-electron chi connectivity index (χ2n) is 8.20. The van der Waals surface area contributed by atoms with Crippen molar-refractivity contribution in [3.8, 4) is 0 Å². The van der Waals surface area contributed by atoms with Gasteiger partial charge >= 0.3 is 0 Å². The van der Waals surface area contributed by atoms with Gasteiger partial charge in [-0.2, -0.15) is 0 Å². The summed E-state index contributed by atoms with van der Waals surface area (Å²) in [7, 11) is -3.40. The maximum Gasteiger partial charge on any atom is 0.260 e. The lowest BCUT2D eigenvalue weighted by Crippen LogP contribution is -2.32. The number of amides is 1. The minimum Gasteiger partial charge on any atom is -0.337 e. The number of aryl methyl sites for hydroxylation is 2. The van der Waals surface area contributed by atoms with Crippen LogP contribution in [0.25, 0.3) is 10.2 Å². The van der Waals surface area contributed by atoms with Crippen LogP contribution in [0.5, 0.6) is 0 Å². The van der Waals surface area contributed by atoms with Crippen LogP contribution in [-0.2, 0) is 16.4 Å². The van der Waals surface area contributed by atoms with Crippen LogP contribution in [0.4, 0.5) is 5.13 Å². The van der Waals surface area contributed by atoms with Gasteiger partial charge in [-0.05, 0) is 69.2 Å². The van der Waals surface area contributed by atoms with Crippen molar-refractivity contribution >= 4 is 42.4 Å². The molecule has 4 rings (SSSR count). The first-order chi connectivity index (χ1) is 15.8. The van der Waals surface area contributed by atoms with Crippen LogP contribution < -0.4 is 4.90 Å². The lowest BCUT2D eigenvalue weighted by Gasteiger charge is -2.20. The summed E-state index contributed by atoms with van der Waals surface area (Å²) in [6.45, 7) is 6.51. The highest BCUT2D eigenvalue weighted by molar-refractivity contribution is 7.92. The first-order valence-corrected chi connectivity index (χ1v) is 13.1. The Labute approximate surface area is 197 Å². The molecule has 0 saturated heterocycles. The smallest absolute Gasteiger partial charge is 0.260 e. The molecule has 172 valence electrons. The molecule has 0 unspecified atom stereocenters. The average molecular weight is 483 g/mol. The largest absolute Gasteiger partial charge is 0.337 e. The van der Waals surface area contributed by atoms with Gasteiger partial charge in [0.1, 0.15) is 0 Å². The molecule has 0 radical (unpaired) electrons. The number of nitrogens with zero attached hydrogens (tertiary/aromatic N) is 4. The van der Waals surface area contributed by atoms with Crippen molar-refractivity contribution in [3.63, 3.8) is 0 Å². The van der Waals surface area contributed by atoms with Gasteiger partial charge in [0, 0.05) is 31.0 Å². The van der Waals surface area contributed by atoms with Gasteiger partial charge in [0.05, 0.1) is 26.7 Å². The Balaban J connectivity index is 1.63. The SMILES string of the molecule is Cc1ccc2nc(N(CCCn3ccnc3)C(=O)c3ccc(S(=O)(=O)C(C)C)cc3)sc2c1. The van der Waals surface area contributed by atoms with E-state index in [2.05, 4.69) is 11.1 Å². The quantitative estimate of drug-likeness (QED) is 0.363. The molecule has 0 aliphatic rings. The highest BCUT2D eigenvalue weighted by Gasteiger charge is 2.23. The van der Waals surface area contributed by atoms with E-state index in [-0.39, 0.29) is 10.8 Å². The molecule has 7 nitrogen and oxygen atoms in total. The van der Waals surface area contributed by atoms with Gasteiger partial charge in [-0.25, -0.2) is 18.4 Å². The maximum atomic E-state index is 13.5. The number of anilines is 1. The normalized spacial score (nSPS) is 11.9. The van der Waals surface area contributed by atoms with Crippen LogP contribution in [-0.4, -0.2) is 40.7 Å². The van der Waals surface area contributed by atoms with Crippen molar-refractivity contribution in [2.24, 2.45) is 0 Å². The van der Waals surface area contributed by atoms with Gasteiger partial charge in [-0.1, -0.05) is 17.4 Å². The van der Waals surface area contributed by atoms with Crippen LogP contribution in [0.1, 0.15) is 36.2 Å². The molecule has 2 heterocycles. The van der Waals surface area contributed by atoms with E-state index >= 15 is 0 Å². The second-order valence-corrected chi connectivity index (χ2v) is 11.7. The standard InChI is InChI=1S/C24H26N4O3S2/c1-17(2)33(30,31)20-8-6-19(7-9-20)23(29)28(13-4-12-27-14-11-25-16-27)24-26-21-10-5-18(3)15-22(21)32-24/h5-11,14-17H,4,12-13H2,1-3H3. The van der Waals surface area contributed by atoms with E-state index in [1.54, 1.807) is 43.4 Å². The van der Waals surface area contributed by atoms with E-state index in [0.29, 0.717) is 17.2 Å². The maximum absolute atomic E-state index is 13.5. The van der Waals surface area contributed by atoms with Gasteiger partial charge in [0.2, 0.25) is 0 Å². The average Bonchev–Trinajstić information content (AvgIpc) is 3.45. The summed E-state index contributed by atoms with van der Waals surface area (Å²) in [6.07, 6.45) is 6.09. The number of benzene rings is 2. The minimum atomic E-state index is -3.40. The third-order valence-corrected chi connectivity index (χ3v) is 8.63. The number of carbonyl (C=O) groups excluding carboxylic acids is 1. The van der Waals surface area contributed by atoms with Crippen molar-refractivity contribution in [2.75, 3.05) is 11.4 Å².